The maximum absolute atomic E-state index is 8.77. The van der Waals surface area contributed by atoms with Gasteiger partial charge in [-0.2, -0.15) is 0 Å². The van der Waals surface area contributed by atoms with Crippen LogP contribution in [-0.4, -0.2) is 15.4 Å². The van der Waals surface area contributed by atoms with E-state index < -0.39 is 0 Å². The SMILES string of the molecule is OCc1cccc(C#CCBr)n1. The van der Waals surface area contributed by atoms with Crippen molar-refractivity contribution in [2.45, 2.75) is 6.61 Å². The molecule has 0 saturated heterocycles. The Morgan fingerprint density at radius 2 is 2.33 bits per heavy atom. The van der Waals surface area contributed by atoms with Crippen LogP contribution in [0.25, 0.3) is 0 Å². The molecule has 0 spiro atoms. The van der Waals surface area contributed by atoms with E-state index in [1.807, 2.05) is 12.1 Å². The number of aliphatic hydroxyl groups excluding tert-OH is 1. The van der Waals surface area contributed by atoms with Crippen LogP contribution < -0.4 is 0 Å². The minimum Gasteiger partial charge on any atom is -0.390 e. The summed E-state index contributed by atoms with van der Waals surface area (Å²) in [5.74, 6) is 5.69. The van der Waals surface area contributed by atoms with Gasteiger partial charge in [0.2, 0.25) is 0 Å². The maximum Gasteiger partial charge on any atom is 0.113 e. The van der Waals surface area contributed by atoms with Gasteiger partial charge in [0.1, 0.15) is 5.69 Å². The highest BCUT2D eigenvalue weighted by atomic mass is 79.9. The largest absolute Gasteiger partial charge is 0.390 e. The predicted molar refractivity (Wildman–Crippen MR) is 50.8 cm³/mol. The van der Waals surface area contributed by atoms with E-state index in [0.29, 0.717) is 16.7 Å². The Hall–Kier alpha value is -0.850. The minimum atomic E-state index is -0.0379. The van der Waals surface area contributed by atoms with Gasteiger partial charge >= 0.3 is 0 Å². The lowest BCUT2D eigenvalue weighted by Crippen LogP contribution is -1.90. The van der Waals surface area contributed by atoms with Gasteiger partial charge in [0.25, 0.3) is 0 Å². The fraction of sp³-hybridized carbons (Fsp3) is 0.222. The van der Waals surface area contributed by atoms with Crippen LogP contribution in [0.3, 0.4) is 0 Å². The minimum absolute atomic E-state index is 0.0379. The predicted octanol–water partition coefficient (Wildman–Crippen LogP) is 1.32. The van der Waals surface area contributed by atoms with Crippen molar-refractivity contribution in [3.05, 3.63) is 29.6 Å². The number of aliphatic hydroxyl groups is 1. The zero-order chi connectivity index (χ0) is 8.81. The highest BCUT2D eigenvalue weighted by Crippen LogP contribution is 1.97. The average molecular weight is 226 g/mol. The van der Waals surface area contributed by atoms with Crippen LogP contribution in [0, 0.1) is 11.8 Å². The molecule has 62 valence electrons. The number of aromatic nitrogens is 1. The summed E-state index contributed by atoms with van der Waals surface area (Å²) >= 11 is 3.19. The molecule has 1 aromatic rings. The van der Waals surface area contributed by atoms with Crippen molar-refractivity contribution in [1.29, 1.82) is 0 Å². The first-order chi connectivity index (χ1) is 5.86. The Kier molecular flexibility index (Phi) is 3.78. The Balaban J connectivity index is 2.86. The van der Waals surface area contributed by atoms with Crippen LogP contribution >= 0.6 is 15.9 Å². The molecule has 0 radical (unpaired) electrons. The van der Waals surface area contributed by atoms with Gasteiger partial charge in [-0.15, -0.1) is 0 Å². The molecule has 1 rings (SSSR count). The number of hydrogen-bond donors (Lipinski definition) is 1. The number of halogens is 1. The van der Waals surface area contributed by atoms with Crippen molar-refractivity contribution < 1.29 is 5.11 Å². The summed E-state index contributed by atoms with van der Waals surface area (Å²) in [4.78, 5) is 4.08. The van der Waals surface area contributed by atoms with Crippen molar-refractivity contribution in [3.63, 3.8) is 0 Å². The molecule has 0 saturated carbocycles. The molecular weight excluding hydrogens is 218 g/mol. The lowest BCUT2D eigenvalue weighted by Gasteiger charge is -1.94. The normalized spacial score (nSPS) is 8.83. The van der Waals surface area contributed by atoms with Crippen molar-refractivity contribution in [2.75, 3.05) is 5.33 Å². The van der Waals surface area contributed by atoms with Crippen molar-refractivity contribution >= 4 is 15.9 Å². The van der Waals surface area contributed by atoms with Gasteiger partial charge in [-0.3, -0.25) is 0 Å². The molecule has 2 nitrogen and oxygen atoms in total. The van der Waals surface area contributed by atoms with E-state index in [1.165, 1.54) is 0 Å². The smallest absolute Gasteiger partial charge is 0.113 e. The Morgan fingerprint density at radius 3 is 3.00 bits per heavy atom. The second-order valence-electron chi connectivity index (χ2n) is 2.11. The van der Waals surface area contributed by atoms with Gasteiger partial charge in [-0.25, -0.2) is 4.98 Å². The monoisotopic (exact) mass is 225 g/mol. The van der Waals surface area contributed by atoms with E-state index in [9.17, 15) is 0 Å². The lowest BCUT2D eigenvalue weighted by molar-refractivity contribution is 0.277. The van der Waals surface area contributed by atoms with Crippen LogP contribution in [0.1, 0.15) is 11.4 Å². The number of rotatable bonds is 1. The topological polar surface area (TPSA) is 33.1 Å². The number of nitrogens with zero attached hydrogens (tertiary/aromatic N) is 1. The van der Waals surface area contributed by atoms with E-state index in [-0.39, 0.29) is 6.61 Å². The summed E-state index contributed by atoms with van der Waals surface area (Å²) in [5, 5.41) is 9.40. The second kappa shape index (κ2) is 4.91. The van der Waals surface area contributed by atoms with Crippen LogP contribution in [0.15, 0.2) is 18.2 Å². The van der Waals surface area contributed by atoms with Crippen LogP contribution in [-0.2, 0) is 6.61 Å². The highest BCUT2D eigenvalue weighted by Gasteiger charge is 1.91. The van der Waals surface area contributed by atoms with Gasteiger partial charge in [0.05, 0.1) is 17.6 Å². The van der Waals surface area contributed by atoms with E-state index in [4.69, 9.17) is 5.11 Å². The van der Waals surface area contributed by atoms with Gasteiger partial charge in [0.15, 0.2) is 0 Å². The first-order valence-corrected chi connectivity index (χ1v) is 4.60. The third-order valence-electron chi connectivity index (χ3n) is 1.25. The summed E-state index contributed by atoms with van der Waals surface area (Å²) in [6, 6.07) is 5.41. The molecule has 0 aliphatic rings. The van der Waals surface area contributed by atoms with Crippen LogP contribution in [0.5, 0.6) is 0 Å². The Bertz CT molecular complexity index is 314. The van der Waals surface area contributed by atoms with E-state index in [0.717, 1.165) is 0 Å². The molecule has 1 heterocycles. The molecule has 12 heavy (non-hydrogen) atoms. The molecule has 3 heteroatoms. The first-order valence-electron chi connectivity index (χ1n) is 3.48. The maximum atomic E-state index is 8.77. The summed E-state index contributed by atoms with van der Waals surface area (Å²) in [6.45, 7) is -0.0379. The lowest BCUT2D eigenvalue weighted by atomic mass is 10.3. The van der Waals surface area contributed by atoms with Crippen LogP contribution in [0.4, 0.5) is 0 Å². The molecule has 0 atom stereocenters. The van der Waals surface area contributed by atoms with Crippen LogP contribution in [0.2, 0.25) is 0 Å². The zero-order valence-electron chi connectivity index (χ0n) is 6.42. The van der Waals surface area contributed by atoms with E-state index in [2.05, 4.69) is 32.8 Å². The molecule has 0 amide bonds. The van der Waals surface area contributed by atoms with Gasteiger partial charge in [-0.05, 0) is 18.1 Å². The molecule has 1 aromatic heterocycles. The fourth-order valence-corrected chi connectivity index (χ4v) is 0.901. The van der Waals surface area contributed by atoms with Gasteiger partial charge in [0, 0.05) is 0 Å². The molecule has 0 aliphatic carbocycles. The highest BCUT2D eigenvalue weighted by molar-refractivity contribution is 9.09. The van der Waals surface area contributed by atoms with Gasteiger partial charge < -0.3 is 5.11 Å². The molecule has 0 unspecified atom stereocenters. The molecule has 0 aliphatic heterocycles. The third-order valence-corrected chi connectivity index (χ3v) is 1.53. The molecule has 0 fully saturated rings. The summed E-state index contributed by atoms with van der Waals surface area (Å²) in [7, 11) is 0. The average Bonchev–Trinajstić information content (AvgIpc) is 2.15. The summed E-state index contributed by atoms with van der Waals surface area (Å²) in [5.41, 5.74) is 1.34. The van der Waals surface area contributed by atoms with Crippen molar-refractivity contribution in [1.82, 2.24) is 4.98 Å². The first kappa shape index (κ1) is 9.24. The van der Waals surface area contributed by atoms with E-state index >= 15 is 0 Å². The quantitative estimate of drug-likeness (QED) is 0.578. The summed E-state index contributed by atoms with van der Waals surface area (Å²) in [6.07, 6.45) is 0. The number of hydrogen-bond acceptors (Lipinski definition) is 2. The molecular formula is C9H8BrNO. The van der Waals surface area contributed by atoms with Crippen molar-refractivity contribution in [3.8, 4) is 11.8 Å². The Morgan fingerprint density at radius 1 is 1.50 bits per heavy atom. The Labute approximate surface area is 79.8 Å². The zero-order valence-corrected chi connectivity index (χ0v) is 8.00. The van der Waals surface area contributed by atoms with E-state index in [1.54, 1.807) is 6.07 Å². The molecule has 0 bridgehead atoms. The molecule has 1 N–H and O–H groups in total. The molecule has 0 aromatic carbocycles. The van der Waals surface area contributed by atoms with Gasteiger partial charge in [-0.1, -0.05) is 27.9 Å². The summed E-state index contributed by atoms with van der Waals surface area (Å²) < 4.78 is 0. The fourth-order valence-electron chi connectivity index (χ4n) is 0.761. The number of alkyl halides is 1. The standard InChI is InChI=1S/C9H8BrNO/c10-6-2-5-8-3-1-4-9(7-12)11-8/h1,3-4,12H,6-7H2. The third kappa shape index (κ3) is 2.65. The number of pyridine rings is 1. The van der Waals surface area contributed by atoms with Crippen molar-refractivity contribution in [2.24, 2.45) is 0 Å². The second-order valence-corrected chi connectivity index (χ2v) is 2.67.